The van der Waals surface area contributed by atoms with Gasteiger partial charge in [0, 0.05) is 12.2 Å². The van der Waals surface area contributed by atoms with Crippen molar-refractivity contribution < 1.29 is 15.0 Å². The molecule has 0 aliphatic carbocycles. The van der Waals surface area contributed by atoms with Crippen LogP contribution in [0.4, 0.5) is 5.69 Å². The van der Waals surface area contributed by atoms with Crippen LogP contribution in [0.25, 0.3) is 0 Å². The summed E-state index contributed by atoms with van der Waals surface area (Å²) in [4.78, 5) is 10.8. The maximum Gasteiger partial charge on any atom is 0.335 e. The van der Waals surface area contributed by atoms with Gasteiger partial charge in [-0.05, 0) is 44.0 Å². The zero-order chi connectivity index (χ0) is 13.1. The molecule has 3 N–H and O–H groups in total. The SMILES string of the molecule is CCC(C)(O)CNc1ccc(C(=O)O)c(C)c1. The lowest BCUT2D eigenvalue weighted by Crippen LogP contribution is -2.32. The zero-order valence-corrected chi connectivity index (χ0v) is 10.4. The normalized spacial score (nSPS) is 14.1. The van der Waals surface area contributed by atoms with Gasteiger partial charge in [-0.3, -0.25) is 0 Å². The maximum absolute atomic E-state index is 10.8. The minimum absolute atomic E-state index is 0.304. The summed E-state index contributed by atoms with van der Waals surface area (Å²) in [6.07, 6.45) is 0.659. The summed E-state index contributed by atoms with van der Waals surface area (Å²) in [5, 5.41) is 21.8. The minimum atomic E-state index is -0.922. The van der Waals surface area contributed by atoms with Gasteiger partial charge in [-0.2, -0.15) is 0 Å². The van der Waals surface area contributed by atoms with Gasteiger partial charge in [0.25, 0.3) is 0 Å². The molecule has 4 heteroatoms. The van der Waals surface area contributed by atoms with Crippen LogP contribution in [0.5, 0.6) is 0 Å². The van der Waals surface area contributed by atoms with Crippen molar-refractivity contribution in [3.05, 3.63) is 29.3 Å². The molecule has 1 atom stereocenters. The fourth-order valence-corrected chi connectivity index (χ4v) is 1.43. The molecule has 1 aromatic carbocycles. The Morgan fingerprint density at radius 1 is 1.47 bits per heavy atom. The van der Waals surface area contributed by atoms with Gasteiger partial charge >= 0.3 is 5.97 Å². The largest absolute Gasteiger partial charge is 0.478 e. The summed E-state index contributed by atoms with van der Waals surface area (Å²) in [5.41, 5.74) is 1.08. The van der Waals surface area contributed by atoms with Crippen LogP contribution in [0.2, 0.25) is 0 Å². The fraction of sp³-hybridized carbons (Fsp3) is 0.462. The molecular formula is C13H19NO3. The van der Waals surface area contributed by atoms with Gasteiger partial charge in [-0.1, -0.05) is 6.92 Å². The summed E-state index contributed by atoms with van der Waals surface area (Å²) in [5.74, 6) is -0.922. The van der Waals surface area contributed by atoms with E-state index in [2.05, 4.69) is 5.32 Å². The van der Waals surface area contributed by atoms with E-state index in [9.17, 15) is 9.90 Å². The highest BCUT2D eigenvalue weighted by molar-refractivity contribution is 5.89. The van der Waals surface area contributed by atoms with Crippen molar-refractivity contribution in [1.29, 1.82) is 0 Å². The molecule has 0 heterocycles. The van der Waals surface area contributed by atoms with Crippen molar-refractivity contribution >= 4 is 11.7 Å². The predicted molar refractivity (Wildman–Crippen MR) is 67.5 cm³/mol. The first kappa shape index (κ1) is 13.5. The van der Waals surface area contributed by atoms with Crippen molar-refractivity contribution in [2.75, 3.05) is 11.9 Å². The first-order valence-electron chi connectivity index (χ1n) is 5.66. The lowest BCUT2D eigenvalue weighted by Gasteiger charge is -2.22. The first-order chi connectivity index (χ1) is 7.85. The lowest BCUT2D eigenvalue weighted by atomic mass is 10.0. The number of carbonyl (C=O) groups is 1. The summed E-state index contributed by atoms with van der Waals surface area (Å²) in [6, 6.07) is 5.05. The number of benzene rings is 1. The second-order valence-electron chi connectivity index (χ2n) is 4.54. The Morgan fingerprint density at radius 3 is 2.59 bits per heavy atom. The fourth-order valence-electron chi connectivity index (χ4n) is 1.43. The number of aryl methyl sites for hydroxylation is 1. The van der Waals surface area contributed by atoms with E-state index in [0.29, 0.717) is 24.1 Å². The average Bonchev–Trinajstić information content (AvgIpc) is 2.26. The van der Waals surface area contributed by atoms with Crippen LogP contribution in [0.15, 0.2) is 18.2 Å². The highest BCUT2D eigenvalue weighted by Crippen LogP contribution is 2.17. The number of rotatable bonds is 5. The highest BCUT2D eigenvalue weighted by atomic mass is 16.4. The van der Waals surface area contributed by atoms with E-state index in [-0.39, 0.29) is 0 Å². The van der Waals surface area contributed by atoms with Crippen LogP contribution in [-0.2, 0) is 0 Å². The van der Waals surface area contributed by atoms with E-state index >= 15 is 0 Å². The van der Waals surface area contributed by atoms with Gasteiger partial charge in [0.15, 0.2) is 0 Å². The van der Waals surface area contributed by atoms with E-state index in [4.69, 9.17) is 5.11 Å². The molecule has 0 amide bonds. The standard InChI is InChI=1S/C13H19NO3/c1-4-13(3,17)8-14-10-5-6-11(12(15)16)9(2)7-10/h5-7,14,17H,4,8H2,1-3H3,(H,15,16). The minimum Gasteiger partial charge on any atom is -0.478 e. The van der Waals surface area contributed by atoms with Gasteiger partial charge in [-0.15, -0.1) is 0 Å². The second-order valence-corrected chi connectivity index (χ2v) is 4.54. The molecule has 0 aliphatic heterocycles. The Kier molecular flexibility index (Phi) is 4.12. The zero-order valence-electron chi connectivity index (χ0n) is 10.4. The summed E-state index contributed by atoms with van der Waals surface area (Å²) in [6.45, 7) is 5.88. The predicted octanol–water partition coefficient (Wildman–Crippen LogP) is 2.27. The summed E-state index contributed by atoms with van der Waals surface area (Å²) < 4.78 is 0. The molecule has 17 heavy (non-hydrogen) atoms. The van der Waals surface area contributed by atoms with Gasteiger partial charge in [0.05, 0.1) is 11.2 Å². The van der Waals surface area contributed by atoms with Crippen LogP contribution >= 0.6 is 0 Å². The Morgan fingerprint density at radius 2 is 2.12 bits per heavy atom. The molecule has 1 rings (SSSR count). The third kappa shape index (κ3) is 3.75. The molecule has 0 radical (unpaired) electrons. The van der Waals surface area contributed by atoms with Crippen molar-refractivity contribution in [2.24, 2.45) is 0 Å². The highest BCUT2D eigenvalue weighted by Gasteiger charge is 2.17. The van der Waals surface area contributed by atoms with Crippen LogP contribution in [0.3, 0.4) is 0 Å². The van der Waals surface area contributed by atoms with Gasteiger partial charge in [-0.25, -0.2) is 4.79 Å². The molecule has 4 nitrogen and oxygen atoms in total. The van der Waals surface area contributed by atoms with Crippen LogP contribution in [0, 0.1) is 6.92 Å². The number of nitrogens with one attached hydrogen (secondary N) is 1. The lowest BCUT2D eigenvalue weighted by molar-refractivity contribution is 0.0687. The molecule has 1 unspecified atom stereocenters. The van der Waals surface area contributed by atoms with E-state index in [1.54, 1.807) is 32.0 Å². The number of hydrogen-bond donors (Lipinski definition) is 3. The number of carboxylic acids is 1. The summed E-state index contributed by atoms with van der Waals surface area (Å²) >= 11 is 0. The van der Waals surface area contributed by atoms with Crippen LogP contribution in [0.1, 0.15) is 36.2 Å². The smallest absolute Gasteiger partial charge is 0.335 e. The Labute approximate surface area is 101 Å². The number of aliphatic hydroxyl groups is 1. The number of anilines is 1. The number of hydrogen-bond acceptors (Lipinski definition) is 3. The van der Waals surface area contributed by atoms with Crippen LogP contribution in [-0.4, -0.2) is 28.3 Å². The molecule has 0 aliphatic rings. The molecule has 0 saturated heterocycles. The summed E-state index contributed by atoms with van der Waals surface area (Å²) in [7, 11) is 0. The molecular weight excluding hydrogens is 218 g/mol. The molecule has 0 spiro atoms. The monoisotopic (exact) mass is 237 g/mol. The van der Waals surface area contributed by atoms with E-state index in [1.165, 1.54) is 0 Å². The molecule has 0 aromatic heterocycles. The Balaban J connectivity index is 2.75. The average molecular weight is 237 g/mol. The number of carboxylic acid groups (broad SMARTS) is 1. The van der Waals surface area contributed by atoms with E-state index < -0.39 is 11.6 Å². The molecule has 94 valence electrons. The Bertz CT molecular complexity index is 413. The third-order valence-corrected chi connectivity index (χ3v) is 2.89. The second kappa shape index (κ2) is 5.19. The molecule has 0 bridgehead atoms. The maximum atomic E-state index is 10.8. The van der Waals surface area contributed by atoms with Crippen LogP contribution < -0.4 is 5.32 Å². The van der Waals surface area contributed by atoms with Gasteiger partial charge in [0.1, 0.15) is 0 Å². The van der Waals surface area contributed by atoms with Crippen molar-refractivity contribution in [3.63, 3.8) is 0 Å². The first-order valence-corrected chi connectivity index (χ1v) is 5.66. The molecule has 0 fully saturated rings. The molecule has 0 saturated carbocycles. The van der Waals surface area contributed by atoms with E-state index in [0.717, 1.165) is 5.69 Å². The third-order valence-electron chi connectivity index (χ3n) is 2.89. The topological polar surface area (TPSA) is 69.6 Å². The van der Waals surface area contributed by atoms with Crippen molar-refractivity contribution in [1.82, 2.24) is 0 Å². The Hall–Kier alpha value is -1.55. The van der Waals surface area contributed by atoms with E-state index in [1.807, 2.05) is 6.92 Å². The van der Waals surface area contributed by atoms with Gasteiger partial charge < -0.3 is 15.5 Å². The number of aromatic carboxylic acids is 1. The van der Waals surface area contributed by atoms with Crippen molar-refractivity contribution in [2.45, 2.75) is 32.8 Å². The van der Waals surface area contributed by atoms with Crippen molar-refractivity contribution in [3.8, 4) is 0 Å². The van der Waals surface area contributed by atoms with Gasteiger partial charge in [0.2, 0.25) is 0 Å². The molecule has 1 aromatic rings. The quantitative estimate of drug-likeness (QED) is 0.734.